The van der Waals surface area contributed by atoms with E-state index in [9.17, 15) is 9.59 Å². The number of amides is 2. The van der Waals surface area contributed by atoms with Crippen molar-refractivity contribution >= 4 is 57.0 Å². The topological polar surface area (TPSA) is 107 Å². The van der Waals surface area contributed by atoms with Crippen LogP contribution in [0.4, 0.5) is 16.2 Å². The first-order valence-electron chi connectivity index (χ1n) is 13.4. The van der Waals surface area contributed by atoms with Crippen LogP contribution in [-0.4, -0.2) is 39.0 Å². The molecule has 2 aromatic heterocycles. The molecule has 0 aliphatic rings. The number of esters is 1. The molecule has 0 bridgehead atoms. The molecule has 6 aromatic rings. The molecule has 210 valence electrons. The van der Waals surface area contributed by atoms with Gasteiger partial charge in [-0.1, -0.05) is 36.4 Å². The van der Waals surface area contributed by atoms with E-state index in [0.29, 0.717) is 29.2 Å². The van der Waals surface area contributed by atoms with Gasteiger partial charge in [0.05, 0.1) is 25.4 Å². The van der Waals surface area contributed by atoms with E-state index in [1.807, 2.05) is 95.6 Å². The fraction of sp³-hybridized carbons (Fsp3) is 0.125. The van der Waals surface area contributed by atoms with Gasteiger partial charge < -0.3 is 24.7 Å². The summed E-state index contributed by atoms with van der Waals surface area (Å²) < 4.78 is 21.6. The van der Waals surface area contributed by atoms with Crippen LogP contribution >= 0.6 is 11.7 Å². The van der Waals surface area contributed by atoms with Crippen molar-refractivity contribution in [2.24, 2.45) is 0 Å². The molecular formula is C32H27N5O4S. The predicted octanol–water partition coefficient (Wildman–Crippen LogP) is 7.19. The van der Waals surface area contributed by atoms with Crippen LogP contribution in [0.25, 0.3) is 33.1 Å². The molecule has 0 unspecified atom stereocenters. The normalized spacial score (nSPS) is 11.0. The summed E-state index contributed by atoms with van der Waals surface area (Å²) in [5.41, 5.74) is 6.46. The number of carbonyl (C=O) groups is 2. The van der Waals surface area contributed by atoms with Gasteiger partial charge in [-0.3, -0.25) is 0 Å². The van der Waals surface area contributed by atoms with Crippen molar-refractivity contribution in [3.8, 4) is 16.9 Å². The number of hydrogen-bond acceptors (Lipinski definition) is 7. The van der Waals surface area contributed by atoms with Crippen LogP contribution in [0.15, 0.2) is 91.0 Å². The van der Waals surface area contributed by atoms with Gasteiger partial charge in [0.1, 0.15) is 22.5 Å². The molecule has 0 spiro atoms. The zero-order valence-corrected chi connectivity index (χ0v) is 23.8. The minimum absolute atomic E-state index is 0.226. The maximum atomic E-state index is 13.6. The summed E-state index contributed by atoms with van der Waals surface area (Å²) >= 11 is 1.14. The Morgan fingerprint density at radius 1 is 0.857 bits per heavy atom. The van der Waals surface area contributed by atoms with Crippen LogP contribution < -0.4 is 15.4 Å². The number of ether oxygens (including phenoxy) is 2. The summed E-state index contributed by atoms with van der Waals surface area (Å²) in [4.78, 5) is 26.5. The van der Waals surface area contributed by atoms with Gasteiger partial charge in [-0.05, 0) is 72.6 Å². The first-order valence-corrected chi connectivity index (χ1v) is 14.1. The fourth-order valence-corrected chi connectivity index (χ4v) is 5.48. The van der Waals surface area contributed by atoms with Gasteiger partial charge >= 0.3 is 12.0 Å². The molecule has 42 heavy (non-hydrogen) atoms. The maximum Gasteiger partial charge on any atom is 0.355 e. The SMILES string of the molecule is CCOC(=O)c1c(-c2ccc3nsnc3c2)c2cc(NC(=O)Nc3ccccc3)ccc2n1Cc1ccc(OC)cc1. The first kappa shape index (κ1) is 27.0. The van der Waals surface area contributed by atoms with E-state index in [0.717, 1.165) is 50.5 Å². The second-order valence-electron chi connectivity index (χ2n) is 9.52. The number of carbonyl (C=O) groups excluding carboxylic acids is 2. The highest BCUT2D eigenvalue weighted by molar-refractivity contribution is 7.00. The summed E-state index contributed by atoms with van der Waals surface area (Å²) in [6.45, 7) is 2.43. The number of urea groups is 1. The second-order valence-corrected chi connectivity index (χ2v) is 10.1. The van der Waals surface area contributed by atoms with Crippen LogP contribution in [0.5, 0.6) is 5.75 Å². The monoisotopic (exact) mass is 577 g/mol. The highest BCUT2D eigenvalue weighted by Gasteiger charge is 2.26. The van der Waals surface area contributed by atoms with Crippen molar-refractivity contribution < 1.29 is 19.1 Å². The smallest absolute Gasteiger partial charge is 0.355 e. The summed E-state index contributed by atoms with van der Waals surface area (Å²) in [5.74, 6) is 0.308. The van der Waals surface area contributed by atoms with Crippen molar-refractivity contribution in [2.75, 3.05) is 24.4 Å². The van der Waals surface area contributed by atoms with Gasteiger partial charge in [0, 0.05) is 34.4 Å². The third-order valence-corrected chi connectivity index (χ3v) is 7.42. The van der Waals surface area contributed by atoms with Crippen LogP contribution in [-0.2, 0) is 11.3 Å². The minimum Gasteiger partial charge on any atom is -0.497 e. The molecule has 9 nitrogen and oxygen atoms in total. The number of nitrogens with one attached hydrogen (secondary N) is 2. The number of benzene rings is 4. The molecule has 2 N–H and O–H groups in total. The highest BCUT2D eigenvalue weighted by atomic mass is 32.1. The molecule has 2 amide bonds. The Balaban J connectivity index is 1.50. The Bertz CT molecular complexity index is 1900. The van der Waals surface area contributed by atoms with Crippen molar-refractivity contribution in [3.05, 3.63) is 102 Å². The van der Waals surface area contributed by atoms with E-state index in [1.165, 1.54) is 0 Å². The molecule has 0 saturated carbocycles. The van der Waals surface area contributed by atoms with Gasteiger partial charge in [0.2, 0.25) is 0 Å². The Morgan fingerprint density at radius 3 is 2.38 bits per heavy atom. The van der Waals surface area contributed by atoms with Crippen molar-refractivity contribution in [3.63, 3.8) is 0 Å². The van der Waals surface area contributed by atoms with Crippen molar-refractivity contribution in [1.29, 1.82) is 0 Å². The van der Waals surface area contributed by atoms with Crippen LogP contribution in [0.1, 0.15) is 23.0 Å². The Labute approximate surface area is 246 Å². The van der Waals surface area contributed by atoms with Gasteiger partial charge in [0.25, 0.3) is 0 Å². The molecule has 0 atom stereocenters. The lowest BCUT2D eigenvalue weighted by atomic mass is 10.0. The van der Waals surface area contributed by atoms with E-state index in [1.54, 1.807) is 14.0 Å². The Hall–Kier alpha value is -5.22. The zero-order valence-electron chi connectivity index (χ0n) is 23.0. The number of nitrogens with zero attached hydrogens (tertiary/aromatic N) is 3. The molecule has 0 saturated heterocycles. The number of hydrogen-bond donors (Lipinski definition) is 2. The highest BCUT2D eigenvalue weighted by Crippen LogP contribution is 2.38. The van der Waals surface area contributed by atoms with E-state index >= 15 is 0 Å². The molecule has 2 heterocycles. The molecule has 0 radical (unpaired) electrons. The lowest BCUT2D eigenvalue weighted by Gasteiger charge is -2.12. The minimum atomic E-state index is -0.440. The predicted molar refractivity (Wildman–Crippen MR) is 165 cm³/mol. The van der Waals surface area contributed by atoms with E-state index in [-0.39, 0.29) is 12.6 Å². The maximum absolute atomic E-state index is 13.6. The number of anilines is 2. The molecule has 0 fully saturated rings. The summed E-state index contributed by atoms with van der Waals surface area (Å²) in [7, 11) is 1.63. The van der Waals surface area contributed by atoms with Crippen LogP contribution in [0.2, 0.25) is 0 Å². The average Bonchev–Trinajstić information content (AvgIpc) is 3.60. The second kappa shape index (κ2) is 11.7. The molecule has 4 aromatic carbocycles. The summed E-state index contributed by atoms with van der Waals surface area (Å²) in [5, 5.41) is 6.55. The summed E-state index contributed by atoms with van der Waals surface area (Å²) in [6.07, 6.45) is 0. The molecule has 6 rings (SSSR count). The van der Waals surface area contributed by atoms with Crippen molar-refractivity contribution in [2.45, 2.75) is 13.5 Å². The lowest BCUT2D eigenvalue weighted by molar-refractivity contribution is 0.0516. The number of para-hydroxylation sites is 1. The number of methoxy groups -OCH3 is 1. The van der Waals surface area contributed by atoms with Crippen molar-refractivity contribution in [1.82, 2.24) is 13.3 Å². The number of rotatable bonds is 8. The number of fused-ring (bicyclic) bond motifs is 2. The standard InChI is InChI=1S/C32H27N5O4S/c1-3-41-31(38)30-29(21-11-15-26-27(17-21)36-42-35-26)25-18-23(34-32(39)33-22-7-5-4-6-8-22)12-16-28(25)37(30)19-20-9-13-24(40-2)14-10-20/h4-18H,3,19H2,1-2H3,(H2,33,34,39). The van der Waals surface area contributed by atoms with Gasteiger partial charge in [-0.15, -0.1) is 0 Å². The molecule has 0 aliphatic heterocycles. The molecule has 0 aliphatic carbocycles. The zero-order chi connectivity index (χ0) is 29.1. The van der Waals surface area contributed by atoms with Gasteiger partial charge in [-0.25, -0.2) is 9.59 Å². The Kier molecular flexibility index (Phi) is 7.52. The quantitative estimate of drug-likeness (QED) is 0.185. The van der Waals surface area contributed by atoms with Gasteiger partial charge in [0.15, 0.2) is 0 Å². The van der Waals surface area contributed by atoms with Gasteiger partial charge in [-0.2, -0.15) is 8.75 Å². The van der Waals surface area contributed by atoms with Crippen LogP contribution in [0, 0.1) is 0 Å². The van der Waals surface area contributed by atoms with E-state index in [4.69, 9.17) is 9.47 Å². The number of aromatic nitrogens is 3. The molecular weight excluding hydrogens is 550 g/mol. The Morgan fingerprint density at radius 2 is 1.62 bits per heavy atom. The lowest BCUT2D eigenvalue weighted by Crippen LogP contribution is -2.19. The summed E-state index contributed by atoms with van der Waals surface area (Å²) in [6, 6.07) is 27.9. The molecule has 10 heteroatoms. The first-order chi connectivity index (χ1) is 20.5. The third kappa shape index (κ3) is 5.39. The van der Waals surface area contributed by atoms with E-state index in [2.05, 4.69) is 19.4 Å². The average molecular weight is 578 g/mol. The third-order valence-electron chi connectivity index (χ3n) is 6.86. The van der Waals surface area contributed by atoms with Crippen LogP contribution in [0.3, 0.4) is 0 Å². The fourth-order valence-electron chi connectivity index (χ4n) is 4.97. The van der Waals surface area contributed by atoms with E-state index < -0.39 is 5.97 Å². The largest absolute Gasteiger partial charge is 0.497 e.